The van der Waals surface area contributed by atoms with Gasteiger partial charge in [-0.15, -0.1) is 0 Å². The number of aliphatic carboxylic acids is 1. The van der Waals surface area contributed by atoms with Crippen LogP contribution in [-0.4, -0.2) is 23.7 Å². The minimum absolute atomic E-state index is 0.537. The Labute approximate surface area is 127 Å². The van der Waals surface area contributed by atoms with Crippen molar-refractivity contribution < 1.29 is 9.90 Å². The molecule has 1 aliphatic carbocycles. The van der Waals surface area contributed by atoms with Crippen LogP contribution in [0.5, 0.6) is 0 Å². The Morgan fingerprint density at radius 2 is 2.00 bits per heavy atom. The van der Waals surface area contributed by atoms with Crippen LogP contribution in [0.4, 0.5) is 0 Å². The van der Waals surface area contributed by atoms with Gasteiger partial charge in [-0.3, -0.25) is 4.79 Å². The van der Waals surface area contributed by atoms with Gasteiger partial charge in [0.2, 0.25) is 0 Å². The normalized spacial score (nSPS) is 22.4. The van der Waals surface area contributed by atoms with Crippen molar-refractivity contribution >= 4 is 5.97 Å². The van der Waals surface area contributed by atoms with Crippen molar-refractivity contribution in [3.8, 4) is 0 Å². The Bertz CT molecular complexity index is 456. The Morgan fingerprint density at radius 3 is 2.67 bits per heavy atom. The van der Waals surface area contributed by atoms with Crippen molar-refractivity contribution in [3.63, 3.8) is 0 Å². The first-order chi connectivity index (χ1) is 9.99. The lowest BCUT2D eigenvalue weighted by molar-refractivity contribution is -0.147. The Balaban J connectivity index is 1.81. The molecule has 0 amide bonds. The summed E-state index contributed by atoms with van der Waals surface area (Å²) in [6, 6.07) is 11.2. The zero-order valence-corrected chi connectivity index (χ0v) is 13.1. The second-order valence-corrected chi connectivity index (χ2v) is 6.88. The van der Waals surface area contributed by atoms with E-state index in [1.807, 2.05) is 0 Å². The molecule has 1 saturated carbocycles. The lowest BCUT2D eigenvalue weighted by Gasteiger charge is -2.24. The minimum atomic E-state index is -0.712. The molecule has 1 aromatic carbocycles. The highest BCUT2D eigenvalue weighted by Crippen LogP contribution is 2.29. The van der Waals surface area contributed by atoms with E-state index >= 15 is 0 Å². The van der Waals surface area contributed by atoms with E-state index in [4.69, 9.17) is 5.11 Å². The van der Waals surface area contributed by atoms with E-state index in [9.17, 15) is 4.79 Å². The van der Waals surface area contributed by atoms with Crippen molar-refractivity contribution in [3.05, 3.63) is 35.9 Å². The zero-order valence-electron chi connectivity index (χ0n) is 13.1. The fourth-order valence-electron chi connectivity index (χ4n) is 3.14. The summed E-state index contributed by atoms with van der Waals surface area (Å²) >= 11 is 0. The van der Waals surface area contributed by atoms with Crippen molar-refractivity contribution in [2.24, 2.45) is 11.3 Å². The van der Waals surface area contributed by atoms with E-state index in [-0.39, 0.29) is 0 Å². The first-order valence-corrected chi connectivity index (χ1v) is 8.00. The summed E-state index contributed by atoms with van der Waals surface area (Å²) in [7, 11) is 0. The molecule has 116 valence electrons. The maximum Gasteiger partial charge on any atom is 0.309 e. The molecule has 2 rings (SSSR count). The molecule has 2 atom stereocenters. The van der Waals surface area contributed by atoms with Crippen LogP contribution in [0.1, 0.15) is 45.1 Å². The molecule has 3 nitrogen and oxygen atoms in total. The average molecular weight is 289 g/mol. The maximum atomic E-state index is 11.1. The number of rotatable bonds is 7. The SMILES string of the molecule is CC(C)(CCNC1CCCC1Cc1ccccc1)C(=O)O. The molecule has 21 heavy (non-hydrogen) atoms. The number of hydrogen-bond donors (Lipinski definition) is 2. The third-order valence-electron chi connectivity index (χ3n) is 4.74. The van der Waals surface area contributed by atoms with Gasteiger partial charge in [-0.1, -0.05) is 36.8 Å². The molecule has 2 N–H and O–H groups in total. The predicted molar refractivity (Wildman–Crippen MR) is 85.3 cm³/mol. The Hall–Kier alpha value is -1.35. The number of carboxylic acids is 1. The molecule has 0 radical (unpaired) electrons. The van der Waals surface area contributed by atoms with Gasteiger partial charge in [-0.2, -0.15) is 0 Å². The lowest BCUT2D eigenvalue weighted by atomic mass is 9.89. The van der Waals surface area contributed by atoms with E-state index in [1.165, 1.54) is 24.8 Å². The summed E-state index contributed by atoms with van der Waals surface area (Å²) in [5, 5.41) is 12.8. The molecule has 1 aromatic rings. The standard InChI is InChI=1S/C18H27NO2/c1-18(2,17(20)21)11-12-19-16-10-6-9-15(16)13-14-7-4-3-5-8-14/h3-5,7-8,15-16,19H,6,9-13H2,1-2H3,(H,20,21). The third kappa shape index (κ3) is 4.57. The van der Waals surface area contributed by atoms with Crippen LogP contribution in [-0.2, 0) is 11.2 Å². The van der Waals surface area contributed by atoms with E-state index in [0.717, 1.165) is 13.0 Å². The van der Waals surface area contributed by atoms with Crippen molar-refractivity contribution in [2.45, 2.75) is 52.0 Å². The molecular weight excluding hydrogens is 262 g/mol. The predicted octanol–water partition coefficient (Wildman–Crippen LogP) is 3.49. The van der Waals surface area contributed by atoms with Crippen LogP contribution in [0.2, 0.25) is 0 Å². The van der Waals surface area contributed by atoms with Crippen LogP contribution in [0.3, 0.4) is 0 Å². The molecular formula is C18H27NO2. The van der Waals surface area contributed by atoms with Crippen molar-refractivity contribution in [1.82, 2.24) is 5.32 Å². The van der Waals surface area contributed by atoms with Gasteiger partial charge < -0.3 is 10.4 Å². The van der Waals surface area contributed by atoms with Crippen LogP contribution in [0.15, 0.2) is 30.3 Å². The second-order valence-electron chi connectivity index (χ2n) is 6.88. The van der Waals surface area contributed by atoms with Gasteiger partial charge in [-0.25, -0.2) is 0 Å². The van der Waals surface area contributed by atoms with Crippen LogP contribution >= 0.6 is 0 Å². The van der Waals surface area contributed by atoms with Crippen LogP contribution in [0, 0.1) is 11.3 Å². The highest BCUT2D eigenvalue weighted by Gasteiger charge is 2.29. The average Bonchev–Trinajstić information content (AvgIpc) is 2.87. The second kappa shape index (κ2) is 7.08. The number of carboxylic acid groups (broad SMARTS) is 1. The largest absolute Gasteiger partial charge is 0.481 e. The molecule has 0 saturated heterocycles. The van der Waals surface area contributed by atoms with Gasteiger partial charge in [-0.05, 0) is 57.6 Å². The smallest absolute Gasteiger partial charge is 0.309 e. The van der Waals surface area contributed by atoms with Crippen molar-refractivity contribution in [1.29, 1.82) is 0 Å². The Kier molecular flexibility index (Phi) is 5.40. The van der Waals surface area contributed by atoms with Gasteiger partial charge >= 0.3 is 5.97 Å². The molecule has 2 unspecified atom stereocenters. The zero-order chi connectivity index (χ0) is 15.3. The number of hydrogen-bond acceptors (Lipinski definition) is 2. The van der Waals surface area contributed by atoms with Gasteiger partial charge in [0.05, 0.1) is 5.41 Å². The lowest BCUT2D eigenvalue weighted by Crippen LogP contribution is -2.37. The fourth-order valence-corrected chi connectivity index (χ4v) is 3.14. The first kappa shape index (κ1) is 16.0. The molecule has 1 aliphatic rings. The molecule has 0 heterocycles. The van der Waals surface area contributed by atoms with E-state index in [1.54, 1.807) is 13.8 Å². The van der Waals surface area contributed by atoms with Gasteiger partial charge in [0.1, 0.15) is 0 Å². The number of carbonyl (C=O) groups is 1. The highest BCUT2D eigenvalue weighted by molar-refractivity contribution is 5.73. The summed E-state index contributed by atoms with van der Waals surface area (Å²) in [5.74, 6) is -0.0307. The molecule has 0 bridgehead atoms. The molecule has 3 heteroatoms. The summed E-state index contributed by atoms with van der Waals surface area (Å²) in [6.07, 6.45) is 5.56. The summed E-state index contributed by atoms with van der Waals surface area (Å²) in [6.45, 7) is 4.38. The van der Waals surface area contributed by atoms with E-state index < -0.39 is 11.4 Å². The topological polar surface area (TPSA) is 49.3 Å². The molecule has 0 aromatic heterocycles. The quantitative estimate of drug-likeness (QED) is 0.808. The number of benzene rings is 1. The van der Waals surface area contributed by atoms with Crippen LogP contribution in [0.25, 0.3) is 0 Å². The Morgan fingerprint density at radius 1 is 1.29 bits per heavy atom. The minimum Gasteiger partial charge on any atom is -0.481 e. The third-order valence-corrected chi connectivity index (χ3v) is 4.74. The highest BCUT2D eigenvalue weighted by atomic mass is 16.4. The van der Waals surface area contributed by atoms with Crippen molar-refractivity contribution in [2.75, 3.05) is 6.54 Å². The fraction of sp³-hybridized carbons (Fsp3) is 0.611. The molecule has 1 fully saturated rings. The summed E-state index contributed by atoms with van der Waals surface area (Å²) < 4.78 is 0. The summed E-state index contributed by atoms with van der Waals surface area (Å²) in [4.78, 5) is 11.1. The van der Waals surface area contributed by atoms with Gasteiger partial charge in [0, 0.05) is 6.04 Å². The summed E-state index contributed by atoms with van der Waals surface area (Å²) in [5.41, 5.74) is 0.766. The monoisotopic (exact) mass is 289 g/mol. The molecule has 0 spiro atoms. The molecule has 0 aliphatic heterocycles. The van der Waals surface area contributed by atoms with Crippen LogP contribution < -0.4 is 5.32 Å². The van der Waals surface area contributed by atoms with Gasteiger partial charge in [0.25, 0.3) is 0 Å². The number of nitrogens with one attached hydrogen (secondary N) is 1. The van der Waals surface area contributed by atoms with E-state index in [2.05, 4.69) is 35.6 Å². The van der Waals surface area contributed by atoms with Gasteiger partial charge in [0.15, 0.2) is 0 Å². The maximum absolute atomic E-state index is 11.1. The first-order valence-electron chi connectivity index (χ1n) is 8.00. The van der Waals surface area contributed by atoms with E-state index in [0.29, 0.717) is 18.4 Å².